The number of ether oxygens (including phenoxy) is 1. The highest BCUT2D eigenvalue weighted by Gasteiger charge is 2.15. The predicted octanol–water partition coefficient (Wildman–Crippen LogP) is 3.21. The molecule has 0 radical (unpaired) electrons. The molecule has 0 saturated heterocycles. The Balaban J connectivity index is 1.82. The van der Waals surface area contributed by atoms with Crippen LogP contribution >= 0.6 is 0 Å². The van der Waals surface area contributed by atoms with Crippen molar-refractivity contribution in [2.24, 2.45) is 0 Å². The highest BCUT2D eigenvalue weighted by Crippen LogP contribution is 2.24. The van der Waals surface area contributed by atoms with E-state index in [2.05, 4.69) is 10.4 Å². The zero-order valence-corrected chi connectivity index (χ0v) is 14.1. The van der Waals surface area contributed by atoms with Crippen LogP contribution in [0.4, 0.5) is 5.82 Å². The van der Waals surface area contributed by atoms with E-state index in [0.29, 0.717) is 18.1 Å². The number of hydrogen-bond acceptors (Lipinski definition) is 4. The van der Waals surface area contributed by atoms with Crippen LogP contribution in [0.1, 0.15) is 21.6 Å². The van der Waals surface area contributed by atoms with Gasteiger partial charge in [0, 0.05) is 12.1 Å². The van der Waals surface area contributed by atoms with Crippen molar-refractivity contribution in [3.05, 3.63) is 71.4 Å². The van der Waals surface area contributed by atoms with E-state index >= 15 is 0 Å². The number of nitrogens with one attached hydrogen (secondary N) is 1. The number of aryl methyl sites for hydroxylation is 1. The van der Waals surface area contributed by atoms with Gasteiger partial charge in [-0.15, -0.1) is 0 Å². The summed E-state index contributed by atoms with van der Waals surface area (Å²) in [5, 5.41) is 17.2. The van der Waals surface area contributed by atoms with Crippen LogP contribution in [0.2, 0.25) is 0 Å². The van der Waals surface area contributed by atoms with Gasteiger partial charge in [-0.25, -0.2) is 4.68 Å². The molecule has 0 aliphatic rings. The van der Waals surface area contributed by atoms with E-state index in [0.717, 1.165) is 11.3 Å². The number of aromatic hydroxyl groups is 1. The highest BCUT2D eigenvalue weighted by molar-refractivity contribution is 6.05. The molecule has 6 nitrogen and oxygen atoms in total. The van der Waals surface area contributed by atoms with Crippen molar-refractivity contribution >= 4 is 11.7 Å². The number of nitrogens with zero attached hydrogens (tertiary/aromatic N) is 2. The SMILES string of the molecule is COc1ccc(C(=O)Nc2cc(C)nn2Cc2ccccc2)c(O)c1. The first-order valence-electron chi connectivity index (χ1n) is 7.83. The van der Waals surface area contributed by atoms with Crippen LogP contribution in [0.5, 0.6) is 11.5 Å². The topological polar surface area (TPSA) is 76.4 Å². The summed E-state index contributed by atoms with van der Waals surface area (Å²) < 4.78 is 6.76. The first kappa shape index (κ1) is 16.6. The van der Waals surface area contributed by atoms with Gasteiger partial charge in [0.05, 0.1) is 24.9 Å². The summed E-state index contributed by atoms with van der Waals surface area (Å²) in [6.07, 6.45) is 0. The molecule has 0 unspecified atom stereocenters. The zero-order valence-electron chi connectivity index (χ0n) is 14.1. The molecular formula is C19H19N3O3. The standard InChI is InChI=1S/C19H19N3O3/c1-13-10-18(22(21-13)12-14-6-4-3-5-7-14)20-19(24)16-9-8-15(25-2)11-17(16)23/h3-11,23H,12H2,1-2H3,(H,20,24). The second kappa shape index (κ2) is 7.09. The van der Waals surface area contributed by atoms with Crippen molar-refractivity contribution in [3.8, 4) is 11.5 Å². The minimum absolute atomic E-state index is 0.136. The van der Waals surface area contributed by atoms with E-state index in [1.54, 1.807) is 16.8 Å². The number of amides is 1. The van der Waals surface area contributed by atoms with Crippen molar-refractivity contribution in [3.63, 3.8) is 0 Å². The molecule has 0 fully saturated rings. The zero-order chi connectivity index (χ0) is 17.8. The van der Waals surface area contributed by atoms with E-state index in [1.165, 1.54) is 19.2 Å². The molecule has 0 saturated carbocycles. The Labute approximate surface area is 145 Å². The molecule has 1 aromatic heterocycles. The van der Waals surface area contributed by atoms with Gasteiger partial charge >= 0.3 is 0 Å². The number of rotatable bonds is 5. The first-order chi connectivity index (χ1) is 12.1. The van der Waals surface area contributed by atoms with Gasteiger partial charge in [0.25, 0.3) is 5.91 Å². The minimum atomic E-state index is -0.408. The van der Waals surface area contributed by atoms with Gasteiger partial charge in [0.2, 0.25) is 0 Å². The van der Waals surface area contributed by atoms with E-state index in [1.807, 2.05) is 37.3 Å². The van der Waals surface area contributed by atoms with Crippen molar-refractivity contribution in [2.75, 3.05) is 12.4 Å². The summed E-state index contributed by atoms with van der Waals surface area (Å²) in [6, 6.07) is 16.2. The summed E-state index contributed by atoms with van der Waals surface area (Å²) in [6.45, 7) is 2.40. The third-order valence-corrected chi connectivity index (χ3v) is 3.77. The second-order valence-corrected chi connectivity index (χ2v) is 5.65. The average molecular weight is 337 g/mol. The molecule has 0 aliphatic heterocycles. The third kappa shape index (κ3) is 3.80. The second-order valence-electron chi connectivity index (χ2n) is 5.65. The van der Waals surface area contributed by atoms with Gasteiger partial charge in [-0.1, -0.05) is 30.3 Å². The Hall–Kier alpha value is -3.28. The lowest BCUT2D eigenvalue weighted by atomic mass is 10.2. The van der Waals surface area contributed by atoms with Crippen molar-refractivity contribution in [1.82, 2.24) is 9.78 Å². The van der Waals surface area contributed by atoms with Crippen molar-refractivity contribution < 1.29 is 14.6 Å². The maximum absolute atomic E-state index is 12.5. The molecule has 1 amide bonds. The number of anilines is 1. The van der Waals surface area contributed by atoms with Crippen LogP contribution in [0.3, 0.4) is 0 Å². The molecule has 2 N–H and O–H groups in total. The quantitative estimate of drug-likeness (QED) is 0.749. The van der Waals surface area contributed by atoms with Crippen LogP contribution < -0.4 is 10.1 Å². The van der Waals surface area contributed by atoms with Crippen LogP contribution in [0, 0.1) is 6.92 Å². The predicted molar refractivity (Wildman–Crippen MR) is 95.1 cm³/mol. The molecular weight excluding hydrogens is 318 g/mol. The summed E-state index contributed by atoms with van der Waals surface area (Å²) in [7, 11) is 1.50. The lowest BCUT2D eigenvalue weighted by Crippen LogP contribution is -2.16. The molecule has 6 heteroatoms. The fraction of sp³-hybridized carbons (Fsp3) is 0.158. The monoisotopic (exact) mass is 337 g/mol. The molecule has 3 rings (SSSR count). The number of carbonyl (C=O) groups excluding carboxylic acids is 1. The molecule has 1 heterocycles. The van der Waals surface area contributed by atoms with Crippen molar-refractivity contribution in [1.29, 1.82) is 0 Å². The van der Waals surface area contributed by atoms with E-state index in [4.69, 9.17) is 4.74 Å². The van der Waals surface area contributed by atoms with Gasteiger partial charge in [0.1, 0.15) is 17.3 Å². The number of phenols is 1. The first-order valence-corrected chi connectivity index (χ1v) is 7.83. The maximum atomic E-state index is 12.5. The van der Waals surface area contributed by atoms with Gasteiger partial charge in [-0.3, -0.25) is 4.79 Å². The largest absolute Gasteiger partial charge is 0.507 e. The van der Waals surface area contributed by atoms with Crippen molar-refractivity contribution in [2.45, 2.75) is 13.5 Å². The van der Waals surface area contributed by atoms with Gasteiger partial charge in [-0.05, 0) is 24.6 Å². The third-order valence-electron chi connectivity index (χ3n) is 3.77. The van der Waals surface area contributed by atoms with Gasteiger partial charge in [-0.2, -0.15) is 5.10 Å². The molecule has 0 aliphatic carbocycles. The van der Waals surface area contributed by atoms with Crippen LogP contribution in [0.25, 0.3) is 0 Å². The number of methoxy groups -OCH3 is 1. The Morgan fingerprint density at radius 1 is 1.20 bits per heavy atom. The minimum Gasteiger partial charge on any atom is -0.507 e. The molecule has 25 heavy (non-hydrogen) atoms. The maximum Gasteiger partial charge on any atom is 0.260 e. The number of aromatic nitrogens is 2. The number of hydrogen-bond donors (Lipinski definition) is 2. The van der Waals surface area contributed by atoms with E-state index in [9.17, 15) is 9.90 Å². The molecule has 0 bridgehead atoms. The van der Waals surface area contributed by atoms with Crippen LogP contribution in [0.15, 0.2) is 54.6 Å². The highest BCUT2D eigenvalue weighted by atomic mass is 16.5. The van der Waals surface area contributed by atoms with E-state index in [-0.39, 0.29) is 11.3 Å². The average Bonchev–Trinajstić information content (AvgIpc) is 2.94. The molecule has 3 aromatic rings. The molecule has 2 aromatic carbocycles. The normalized spacial score (nSPS) is 10.5. The van der Waals surface area contributed by atoms with Crippen LogP contribution in [-0.4, -0.2) is 27.9 Å². The Kier molecular flexibility index (Phi) is 4.70. The fourth-order valence-electron chi connectivity index (χ4n) is 2.54. The number of carbonyl (C=O) groups is 1. The summed E-state index contributed by atoms with van der Waals surface area (Å²) in [4.78, 5) is 12.5. The molecule has 0 spiro atoms. The summed E-state index contributed by atoms with van der Waals surface area (Å²) in [5.74, 6) is 0.512. The fourth-order valence-corrected chi connectivity index (χ4v) is 2.54. The molecule has 0 atom stereocenters. The molecule has 128 valence electrons. The summed E-state index contributed by atoms with van der Waals surface area (Å²) in [5.41, 5.74) is 2.05. The smallest absolute Gasteiger partial charge is 0.260 e. The van der Waals surface area contributed by atoms with Gasteiger partial charge < -0.3 is 15.2 Å². The lowest BCUT2D eigenvalue weighted by Gasteiger charge is -2.10. The summed E-state index contributed by atoms with van der Waals surface area (Å²) >= 11 is 0. The Morgan fingerprint density at radius 2 is 1.96 bits per heavy atom. The van der Waals surface area contributed by atoms with Crippen LogP contribution in [-0.2, 0) is 6.54 Å². The van der Waals surface area contributed by atoms with E-state index < -0.39 is 5.91 Å². The Morgan fingerprint density at radius 3 is 2.64 bits per heavy atom. The number of benzene rings is 2. The number of phenolic OH excluding ortho intramolecular Hbond substituents is 1. The lowest BCUT2D eigenvalue weighted by molar-refractivity contribution is 0.102. The van der Waals surface area contributed by atoms with Gasteiger partial charge in [0.15, 0.2) is 0 Å². The Bertz CT molecular complexity index is 888.